The Balaban J connectivity index is 2.45. The Morgan fingerprint density at radius 3 is 2.65 bits per heavy atom. The highest BCUT2D eigenvalue weighted by atomic mass is 35.5. The molecule has 4 nitrogen and oxygen atoms in total. The van der Waals surface area contributed by atoms with Crippen LogP contribution in [0.15, 0.2) is 53.3 Å². The topological polar surface area (TPSA) is 71.8 Å². The summed E-state index contributed by atoms with van der Waals surface area (Å²) in [5, 5.41) is 10.7. The number of benzene rings is 2. The van der Waals surface area contributed by atoms with Gasteiger partial charge in [-0.2, -0.15) is 5.26 Å². The van der Waals surface area contributed by atoms with Gasteiger partial charge >= 0.3 is 0 Å². The first-order chi connectivity index (χ1) is 11.0. The maximum atomic E-state index is 13.0. The van der Waals surface area contributed by atoms with E-state index in [0.29, 0.717) is 27.4 Å². The molecule has 3 aromatic rings. The number of nitrogens with zero attached hydrogens (tertiary/aromatic N) is 2. The SMILES string of the molecule is C[C@H](N)c1cc2cccc(Cl)c2c(=O)n1-c1cccc(C#N)c1. The molecule has 3 rings (SSSR count). The maximum Gasteiger partial charge on any atom is 0.264 e. The van der Waals surface area contributed by atoms with Crippen LogP contribution in [0.25, 0.3) is 16.5 Å². The van der Waals surface area contributed by atoms with Gasteiger partial charge in [0.25, 0.3) is 5.56 Å². The van der Waals surface area contributed by atoms with Gasteiger partial charge in [-0.1, -0.05) is 29.8 Å². The lowest BCUT2D eigenvalue weighted by atomic mass is 10.1. The van der Waals surface area contributed by atoms with Crippen LogP contribution in [0.1, 0.15) is 24.2 Å². The number of rotatable bonds is 2. The Bertz CT molecular complexity index is 999. The van der Waals surface area contributed by atoms with Crippen molar-refractivity contribution in [1.29, 1.82) is 5.26 Å². The van der Waals surface area contributed by atoms with Crippen LogP contribution in [0.5, 0.6) is 0 Å². The average molecular weight is 324 g/mol. The molecule has 2 N–H and O–H groups in total. The molecule has 1 heterocycles. The van der Waals surface area contributed by atoms with Crippen molar-refractivity contribution in [2.45, 2.75) is 13.0 Å². The molecule has 1 aromatic heterocycles. The second kappa shape index (κ2) is 5.88. The lowest BCUT2D eigenvalue weighted by molar-refractivity contribution is 0.734. The summed E-state index contributed by atoms with van der Waals surface area (Å²) in [4.78, 5) is 13.0. The number of aromatic nitrogens is 1. The Labute approximate surface area is 138 Å². The van der Waals surface area contributed by atoms with Crippen LogP contribution in [-0.2, 0) is 0 Å². The molecule has 0 amide bonds. The molecule has 0 spiro atoms. The molecule has 0 unspecified atom stereocenters. The molecule has 5 heteroatoms. The number of halogens is 1. The standard InChI is InChI=1S/C18H14ClN3O/c1-11(21)16-9-13-5-3-7-15(19)17(13)18(23)22(16)14-6-2-4-12(8-14)10-20/h2-9,11H,21H2,1H3/t11-/m0/s1. The summed E-state index contributed by atoms with van der Waals surface area (Å²) in [5.41, 5.74) is 7.57. The summed E-state index contributed by atoms with van der Waals surface area (Å²) in [7, 11) is 0. The monoisotopic (exact) mass is 323 g/mol. The quantitative estimate of drug-likeness (QED) is 0.784. The first kappa shape index (κ1) is 15.3. The van der Waals surface area contributed by atoms with Crippen LogP contribution in [-0.4, -0.2) is 4.57 Å². The van der Waals surface area contributed by atoms with Crippen molar-refractivity contribution in [2.24, 2.45) is 5.73 Å². The molecule has 0 saturated heterocycles. The minimum Gasteiger partial charge on any atom is -0.323 e. The van der Waals surface area contributed by atoms with Gasteiger partial charge in [0.1, 0.15) is 0 Å². The van der Waals surface area contributed by atoms with Gasteiger partial charge in [-0.05, 0) is 42.6 Å². The summed E-state index contributed by atoms with van der Waals surface area (Å²) in [6, 6.07) is 15.8. The van der Waals surface area contributed by atoms with Crippen LogP contribution in [0.2, 0.25) is 5.02 Å². The fourth-order valence-corrected chi connectivity index (χ4v) is 2.92. The Kier molecular flexibility index (Phi) is 3.91. The second-order valence-electron chi connectivity index (χ2n) is 5.36. The number of nitrogens with two attached hydrogens (primary N) is 1. The predicted molar refractivity (Wildman–Crippen MR) is 91.9 cm³/mol. The number of fused-ring (bicyclic) bond motifs is 1. The summed E-state index contributed by atoms with van der Waals surface area (Å²) in [6.07, 6.45) is 0. The van der Waals surface area contributed by atoms with E-state index in [1.165, 1.54) is 4.57 Å². The van der Waals surface area contributed by atoms with Gasteiger partial charge in [0, 0.05) is 11.7 Å². The van der Waals surface area contributed by atoms with E-state index in [4.69, 9.17) is 22.6 Å². The van der Waals surface area contributed by atoms with E-state index in [-0.39, 0.29) is 11.6 Å². The van der Waals surface area contributed by atoms with Gasteiger partial charge in [0.2, 0.25) is 0 Å². The van der Waals surface area contributed by atoms with Gasteiger partial charge in [0.15, 0.2) is 0 Å². The smallest absolute Gasteiger partial charge is 0.264 e. The molecule has 1 atom stereocenters. The molecule has 0 fully saturated rings. The van der Waals surface area contributed by atoms with Gasteiger partial charge < -0.3 is 5.73 Å². The normalized spacial score (nSPS) is 12.1. The van der Waals surface area contributed by atoms with Gasteiger partial charge in [0.05, 0.1) is 27.7 Å². The van der Waals surface area contributed by atoms with Crippen molar-refractivity contribution >= 4 is 22.4 Å². The lowest BCUT2D eigenvalue weighted by Crippen LogP contribution is -2.25. The third kappa shape index (κ3) is 2.61. The summed E-state index contributed by atoms with van der Waals surface area (Å²) in [5.74, 6) is 0. The number of hydrogen-bond acceptors (Lipinski definition) is 3. The summed E-state index contributed by atoms with van der Waals surface area (Å²) < 4.78 is 1.53. The van der Waals surface area contributed by atoms with Crippen LogP contribution < -0.4 is 11.3 Å². The molecule has 2 aromatic carbocycles. The maximum absolute atomic E-state index is 13.0. The van der Waals surface area contributed by atoms with Gasteiger partial charge in [-0.25, -0.2) is 0 Å². The molecular formula is C18H14ClN3O. The van der Waals surface area contributed by atoms with Crippen LogP contribution in [0.4, 0.5) is 0 Å². The zero-order chi connectivity index (χ0) is 16.6. The molecule has 114 valence electrons. The molecule has 23 heavy (non-hydrogen) atoms. The molecule has 0 bridgehead atoms. The van der Waals surface area contributed by atoms with Crippen molar-refractivity contribution in [3.63, 3.8) is 0 Å². The van der Waals surface area contributed by atoms with Crippen LogP contribution in [0, 0.1) is 11.3 Å². The minimum absolute atomic E-state index is 0.240. The number of nitriles is 1. The molecular weight excluding hydrogens is 310 g/mol. The molecule has 0 aliphatic carbocycles. The van der Waals surface area contributed by atoms with Crippen LogP contribution in [0.3, 0.4) is 0 Å². The molecule has 0 aliphatic rings. The molecule has 0 radical (unpaired) electrons. The number of hydrogen-bond donors (Lipinski definition) is 1. The Hall–Kier alpha value is -2.61. The summed E-state index contributed by atoms with van der Waals surface area (Å²) >= 11 is 6.22. The highest BCUT2D eigenvalue weighted by Crippen LogP contribution is 2.24. The van der Waals surface area contributed by atoms with Crippen molar-refractivity contribution in [1.82, 2.24) is 4.57 Å². The van der Waals surface area contributed by atoms with Gasteiger partial charge in [-0.3, -0.25) is 9.36 Å². The molecule has 0 aliphatic heterocycles. The predicted octanol–water partition coefficient (Wildman–Crippen LogP) is 3.54. The first-order valence-corrected chi connectivity index (χ1v) is 7.51. The lowest BCUT2D eigenvalue weighted by Gasteiger charge is -2.17. The summed E-state index contributed by atoms with van der Waals surface area (Å²) in [6.45, 7) is 1.82. The Morgan fingerprint density at radius 1 is 1.22 bits per heavy atom. The van der Waals surface area contributed by atoms with E-state index in [2.05, 4.69) is 6.07 Å². The Morgan fingerprint density at radius 2 is 1.96 bits per heavy atom. The van der Waals surface area contributed by atoms with Gasteiger partial charge in [-0.15, -0.1) is 0 Å². The fourth-order valence-electron chi connectivity index (χ4n) is 2.66. The van der Waals surface area contributed by atoms with E-state index in [9.17, 15) is 4.79 Å². The fraction of sp³-hybridized carbons (Fsp3) is 0.111. The highest BCUT2D eigenvalue weighted by Gasteiger charge is 2.15. The van der Waals surface area contributed by atoms with E-state index in [1.807, 2.05) is 19.1 Å². The zero-order valence-electron chi connectivity index (χ0n) is 12.5. The van der Waals surface area contributed by atoms with Crippen molar-refractivity contribution < 1.29 is 0 Å². The van der Waals surface area contributed by atoms with Crippen molar-refractivity contribution in [3.8, 4) is 11.8 Å². The number of pyridine rings is 1. The third-order valence-electron chi connectivity index (χ3n) is 3.72. The minimum atomic E-state index is -0.350. The highest BCUT2D eigenvalue weighted by molar-refractivity contribution is 6.35. The van der Waals surface area contributed by atoms with Crippen LogP contribution >= 0.6 is 11.6 Å². The zero-order valence-corrected chi connectivity index (χ0v) is 13.2. The second-order valence-corrected chi connectivity index (χ2v) is 5.77. The largest absolute Gasteiger partial charge is 0.323 e. The van der Waals surface area contributed by atoms with E-state index < -0.39 is 0 Å². The average Bonchev–Trinajstić information content (AvgIpc) is 2.54. The molecule has 0 saturated carbocycles. The van der Waals surface area contributed by atoms with E-state index >= 15 is 0 Å². The van der Waals surface area contributed by atoms with Crippen molar-refractivity contribution in [2.75, 3.05) is 0 Å². The van der Waals surface area contributed by atoms with E-state index in [0.717, 1.165) is 5.39 Å². The first-order valence-electron chi connectivity index (χ1n) is 7.13. The van der Waals surface area contributed by atoms with Crippen molar-refractivity contribution in [3.05, 3.63) is 75.2 Å². The third-order valence-corrected chi connectivity index (χ3v) is 4.04. The van der Waals surface area contributed by atoms with E-state index in [1.54, 1.807) is 36.4 Å².